The molecule has 0 aliphatic carbocycles. The third kappa shape index (κ3) is 15.8. The van der Waals surface area contributed by atoms with E-state index in [1.807, 2.05) is 0 Å². The van der Waals surface area contributed by atoms with Crippen molar-refractivity contribution in [1.29, 1.82) is 0 Å². The molecule has 34 heavy (non-hydrogen) atoms. The average Bonchev–Trinajstić information content (AvgIpc) is 2.87. The standard InChI is InChI=1S/C32H50IO/c1-2-3-4-5-6-7-8-9-10-11-12-13-14-15-16-20-29-34-32-25-23-31(24-26-32)33-28-27-30-21-18-17-19-22-30/h17-19,21-26H,2-16,20,27-29H2,1H3/q+1. The van der Waals surface area contributed by atoms with Gasteiger partial charge in [0, 0.05) is 6.42 Å². The molecular weight excluding hydrogens is 527 g/mol. The van der Waals surface area contributed by atoms with Crippen LogP contribution in [0.25, 0.3) is 0 Å². The van der Waals surface area contributed by atoms with Crippen molar-refractivity contribution in [3.8, 4) is 5.75 Å². The highest BCUT2D eigenvalue weighted by Gasteiger charge is 2.11. The van der Waals surface area contributed by atoms with Crippen LogP contribution in [0.4, 0.5) is 0 Å². The lowest BCUT2D eigenvalue weighted by molar-refractivity contribution is -0.626. The van der Waals surface area contributed by atoms with Gasteiger partial charge in [-0.2, -0.15) is 0 Å². The molecule has 0 N–H and O–H groups in total. The zero-order chi connectivity index (χ0) is 23.9. The Hall–Kier alpha value is -1.03. The molecule has 2 heteroatoms. The van der Waals surface area contributed by atoms with Crippen LogP contribution in [0, 0.1) is 3.57 Å². The van der Waals surface area contributed by atoms with Gasteiger partial charge in [0.05, 0.1) is 6.61 Å². The fraction of sp³-hybridized carbons (Fsp3) is 0.625. The lowest BCUT2D eigenvalue weighted by atomic mass is 10.0. The van der Waals surface area contributed by atoms with Gasteiger partial charge in [0.15, 0.2) is 8.00 Å². The lowest BCUT2D eigenvalue weighted by Crippen LogP contribution is -3.62. The van der Waals surface area contributed by atoms with Crippen molar-refractivity contribution in [1.82, 2.24) is 0 Å². The number of alkyl halides is 1. The molecule has 0 radical (unpaired) electrons. The van der Waals surface area contributed by atoms with Crippen LogP contribution in [0.1, 0.15) is 115 Å². The molecule has 2 aromatic rings. The first-order valence-corrected chi connectivity index (χ1v) is 16.8. The van der Waals surface area contributed by atoms with Crippen LogP contribution >= 0.6 is 0 Å². The molecule has 1 nitrogen and oxygen atoms in total. The molecule has 0 aliphatic rings. The summed E-state index contributed by atoms with van der Waals surface area (Å²) < 4.78 is 8.79. The largest absolute Gasteiger partial charge is 0.494 e. The molecule has 0 spiro atoms. The SMILES string of the molecule is CCCCCCCCCCCCCCCCCCOc1ccc([I+]CCc2ccccc2)cc1. The summed E-state index contributed by atoms with van der Waals surface area (Å²) in [5.74, 6) is 1.04. The normalized spacial score (nSPS) is 11.1. The van der Waals surface area contributed by atoms with E-state index in [0.717, 1.165) is 12.4 Å². The maximum Gasteiger partial charge on any atom is 0.313 e. The van der Waals surface area contributed by atoms with Crippen LogP contribution in [0.2, 0.25) is 0 Å². The fourth-order valence-electron chi connectivity index (χ4n) is 4.37. The van der Waals surface area contributed by atoms with Crippen LogP contribution in [0.3, 0.4) is 0 Å². The van der Waals surface area contributed by atoms with Gasteiger partial charge in [0.2, 0.25) is 0 Å². The van der Waals surface area contributed by atoms with E-state index in [-0.39, 0.29) is 21.2 Å². The number of halogens is 1. The van der Waals surface area contributed by atoms with Gasteiger partial charge >= 0.3 is 21.2 Å². The molecule has 0 unspecified atom stereocenters. The Morgan fingerprint density at radius 2 is 1.06 bits per heavy atom. The molecule has 0 saturated heterocycles. The van der Waals surface area contributed by atoms with Crippen molar-refractivity contribution in [3.05, 3.63) is 63.7 Å². The Balaban J connectivity index is 1.34. The number of ether oxygens (including phenoxy) is 1. The predicted molar refractivity (Wildman–Crippen MR) is 145 cm³/mol. The summed E-state index contributed by atoms with van der Waals surface area (Å²) in [5.41, 5.74) is 1.46. The molecule has 0 aromatic heterocycles. The molecule has 0 amide bonds. The van der Waals surface area contributed by atoms with Gasteiger partial charge < -0.3 is 4.74 Å². The zero-order valence-corrected chi connectivity index (χ0v) is 24.1. The van der Waals surface area contributed by atoms with Gasteiger partial charge in [0.1, 0.15) is 5.75 Å². The van der Waals surface area contributed by atoms with Crippen molar-refractivity contribution in [2.24, 2.45) is 0 Å². The summed E-state index contributed by atoms with van der Waals surface area (Å²) in [4.78, 5) is 0. The summed E-state index contributed by atoms with van der Waals surface area (Å²) in [7, 11) is 0. The Labute approximate surface area is 221 Å². The van der Waals surface area contributed by atoms with Crippen LogP contribution in [0.15, 0.2) is 54.6 Å². The highest BCUT2D eigenvalue weighted by molar-refractivity contribution is 5.20. The topological polar surface area (TPSA) is 9.23 Å². The van der Waals surface area contributed by atoms with E-state index in [9.17, 15) is 0 Å². The maximum atomic E-state index is 5.97. The van der Waals surface area contributed by atoms with Crippen LogP contribution in [-0.2, 0) is 6.42 Å². The fourth-order valence-corrected chi connectivity index (χ4v) is 6.75. The van der Waals surface area contributed by atoms with Gasteiger partial charge in [-0.05, 0) is 36.2 Å². The minimum absolute atomic E-state index is 0.0960. The van der Waals surface area contributed by atoms with Crippen molar-refractivity contribution in [3.63, 3.8) is 0 Å². The number of aryl methyl sites for hydroxylation is 1. The van der Waals surface area contributed by atoms with E-state index in [0.29, 0.717) is 0 Å². The first-order chi connectivity index (χ1) is 16.9. The van der Waals surface area contributed by atoms with Crippen LogP contribution < -0.4 is 25.9 Å². The summed E-state index contributed by atoms with van der Waals surface area (Å²) in [6, 6.07) is 19.7. The Morgan fingerprint density at radius 1 is 0.559 bits per heavy atom. The van der Waals surface area contributed by atoms with E-state index in [2.05, 4.69) is 61.5 Å². The van der Waals surface area contributed by atoms with Gasteiger partial charge in [-0.3, -0.25) is 0 Å². The van der Waals surface area contributed by atoms with E-state index in [4.69, 9.17) is 4.74 Å². The number of hydrogen-bond donors (Lipinski definition) is 0. The molecule has 2 rings (SSSR count). The summed E-state index contributed by atoms with van der Waals surface area (Å²) in [5, 5.41) is 0. The Kier molecular flexibility index (Phi) is 18.3. The number of rotatable bonds is 22. The molecule has 0 aliphatic heterocycles. The monoisotopic (exact) mass is 577 g/mol. The highest BCUT2D eigenvalue weighted by Crippen LogP contribution is 2.14. The second kappa shape index (κ2) is 21.3. The molecular formula is C32H50IO+. The second-order valence-electron chi connectivity index (χ2n) is 9.66. The molecule has 0 atom stereocenters. The van der Waals surface area contributed by atoms with Gasteiger partial charge in [-0.25, -0.2) is 0 Å². The average molecular weight is 578 g/mol. The van der Waals surface area contributed by atoms with E-state index in [1.54, 1.807) is 0 Å². The predicted octanol–water partition coefficient (Wildman–Crippen LogP) is 6.83. The minimum atomic E-state index is 0.0960. The summed E-state index contributed by atoms with van der Waals surface area (Å²) in [6.07, 6.45) is 23.8. The highest BCUT2D eigenvalue weighted by atomic mass is 127. The van der Waals surface area contributed by atoms with Crippen molar-refractivity contribution in [2.45, 2.75) is 116 Å². The minimum Gasteiger partial charge on any atom is -0.494 e. The summed E-state index contributed by atoms with van der Waals surface area (Å²) >= 11 is 0.0960. The summed E-state index contributed by atoms with van der Waals surface area (Å²) in [6.45, 7) is 3.16. The smallest absolute Gasteiger partial charge is 0.313 e. The molecule has 0 heterocycles. The first-order valence-electron chi connectivity index (χ1n) is 14.2. The quantitative estimate of drug-likeness (QED) is 0.0847. The van der Waals surface area contributed by atoms with Crippen molar-refractivity contribution < 1.29 is 25.9 Å². The Bertz CT molecular complexity index is 682. The molecule has 0 saturated carbocycles. The second-order valence-corrected chi connectivity index (χ2v) is 12.8. The van der Waals surface area contributed by atoms with Crippen LogP contribution in [0.5, 0.6) is 5.75 Å². The molecule has 0 fully saturated rings. The molecule has 2 aromatic carbocycles. The van der Waals surface area contributed by atoms with Gasteiger partial charge in [-0.15, -0.1) is 0 Å². The van der Waals surface area contributed by atoms with Crippen LogP contribution in [-0.4, -0.2) is 11.0 Å². The Morgan fingerprint density at radius 3 is 1.59 bits per heavy atom. The number of benzene rings is 2. The van der Waals surface area contributed by atoms with Gasteiger partial charge in [-0.1, -0.05) is 134 Å². The van der Waals surface area contributed by atoms with Crippen molar-refractivity contribution in [2.75, 3.05) is 11.0 Å². The lowest BCUT2D eigenvalue weighted by Gasteiger charge is -2.06. The molecule has 0 bridgehead atoms. The van der Waals surface area contributed by atoms with Gasteiger partial charge in [0.25, 0.3) is 0 Å². The third-order valence-corrected chi connectivity index (χ3v) is 9.23. The van der Waals surface area contributed by atoms with E-state index in [1.165, 1.54) is 123 Å². The maximum absolute atomic E-state index is 5.97. The van der Waals surface area contributed by atoms with E-state index < -0.39 is 0 Å². The zero-order valence-electron chi connectivity index (χ0n) is 21.9. The number of hydrogen-bond acceptors (Lipinski definition) is 1. The van der Waals surface area contributed by atoms with E-state index >= 15 is 0 Å². The number of unbranched alkanes of at least 4 members (excludes halogenated alkanes) is 15. The molecule has 190 valence electrons. The third-order valence-electron chi connectivity index (χ3n) is 6.56. The van der Waals surface area contributed by atoms with Crippen molar-refractivity contribution >= 4 is 0 Å². The first kappa shape index (κ1) is 29.2.